The topological polar surface area (TPSA) is 37.3 Å². The van der Waals surface area contributed by atoms with Crippen molar-refractivity contribution < 1.29 is 9.90 Å². The summed E-state index contributed by atoms with van der Waals surface area (Å²) >= 11 is 0. The predicted octanol–water partition coefficient (Wildman–Crippen LogP) is 1.54. The summed E-state index contributed by atoms with van der Waals surface area (Å²) in [5.74, 6) is 0.276. The van der Waals surface area contributed by atoms with E-state index in [2.05, 4.69) is 6.58 Å². The van der Waals surface area contributed by atoms with E-state index in [-0.39, 0.29) is 23.7 Å². The number of aliphatic hydroxyl groups excluding tert-OH is 1. The molecule has 0 aromatic carbocycles. The van der Waals surface area contributed by atoms with Gasteiger partial charge in [-0.1, -0.05) is 19.1 Å². The van der Waals surface area contributed by atoms with E-state index in [4.69, 9.17) is 0 Å². The van der Waals surface area contributed by atoms with Crippen LogP contribution in [-0.4, -0.2) is 17.0 Å². The molecule has 2 heteroatoms. The molecule has 1 aliphatic carbocycles. The molecule has 1 fully saturated rings. The van der Waals surface area contributed by atoms with Crippen molar-refractivity contribution in [2.75, 3.05) is 0 Å². The van der Waals surface area contributed by atoms with Gasteiger partial charge in [-0.05, 0) is 13.3 Å². The molecule has 0 aliphatic heterocycles. The van der Waals surface area contributed by atoms with Crippen LogP contribution in [0.2, 0.25) is 0 Å². The summed E-state index contributed by atoms with van der Waals surface area (Å²) < 4.78 is 0. The lowest BCUT2D eigenvalue weighted by molar-refractivity contribution is -0.128. The fourth-order valence-electron chi connectivity index (χ4n) is 1.71. The predicted molar refractivity (Wildman–Crippen MR) is 47.7 cm³/mol. The molecule has 1 N–H and O–H groups in total. The Morgan fingerprint density at radius 3 is 2.75 bits per heavy atom. The average Bonchev–Trinajstić information content (AvgIpc) is 1.96. The van der Waals surface area contributed by atoms with E-state index in [9.17, 15) is 9.90 Å². The molecule has 0 aromatic rings. The van der Waals surface area contributed by atoms with Crippen LogP contribution >= 0.6 is 0 Å². The van der Waals surface area contributed by atoms with Gasteiger partial charge in [0.2, 0.25) is 0 Å². The number of Topliss-reactive ketones (excluding diaryl/α,β-unsaturated/α-hetero) is 1. The molecule has 1 rings (SSSR count). The third kappa shape index (κ3) is 1.75. The summed E-state index contributed by atoms with van der Waals surface area (Å²) in [6.07, 6.45) is 0.698. The number of aliphatic hydroxyl groups is 1. The van der Waals surface area contributed by atoms with Crippen molar-refractivity contribution in [2.24, 2.45) is 11.8 Å². The van der Waals surface area contributed by atoms with Gasteiger partial charge < -0.3 is 5.11 Å². The Morgan fingerprint density at radius 2 is 2.25 bits per heavy atom. The van der Waals surface area contributed by atoms with Crippen LogP contribution in [0.15, 0.2) is 12.2 Å². The summed E-state index contributed by atoms with van der Waals surface area (Å²) in [7, 11) is 0. The summed E-state index contributed by atoms with van der Waals surface area (Å²) in [6, 6.07) is 0. The lowest BCUT2D eigenvalue weighted by Crippen LogP contribution is -2.34. The summed E-state index contributed by atoms with van der Waals surface area (Å²) in [6.45, 7) is 7.52. The van der Waals surface area contributed by atoms with Gasteiger partial charge in [-0.3, -0.25) is 4.79 Å². The first-order chi connectivity index (χ1) is 5.52. The molecule has 1 saturated carbocycles. The number of hydrogen-bond donors (Lipinski definition) is 1. The van der Waals surface area contributed by atoms with E-state index in [1.807, 2.05) is 13.8 Å². The van der Waals surface area contributed by atoms with Crippen LogP contribution in [-0.2, 0) is 4.79 Å². The molecule has 0 aromatic heterocycles. The molecule has 68 valence electrons. The van der Waals surface area contributed by atoms with E-state index in [0.29, 0.717) is 12.8 Å². The maximum absolute atomic E-state index is 11.3. The Bertz CT molecular complexity index is 208. The monoisotopic (exact) mass is 168 g/mol. The van der Waals surface area contributed by atoms with Crippen LogP contribution < -0.4 is 0 Å². The molecular weight excluding hydrogens is 152 g/mol. The second kappa shape index (κ2) is 3.40. The average molecular weight is 168 g/mol. The van der Waals surface area contributed by atoms with Crippen molar-refractivity contribution in [3.05, 3.63) is 12.2 Å². The second-order valence-electron chi connectivity index (χ2n) is 3.83. The van der Waals surface area contributed by atoms with E-state index >= 15 is 0 Å². The van der Waals surface area contributed by atoms with E-state index in [1.165, 1.54) is 0 Å². The molecule has 0 saturated heterocycles. The summed E-state index contributed by atoms with van der Waals surface area (Å²) in [4.78, 5) is 11.3. The Hall–Kier alpha value is -0.630. The van der Waals surface area contributed by atoms with Gasteiger partial charge in [0.25, 0.3) is 0 Å². The largest absolute Gasteiger partial charge is 0.392 e. The minimum absolute atomic E-state index is 0.00583. The summed E-state index contributed by atoms with van der Waals surface area (Å²) in [5, 5.41) is 9.61. The molecule has 3 atom stereocenters. The number of ketones is 1. The molecule has 12 heavy (non-hydrogen) atoms. The Morgan fingerprint density at radius 1 is 1.67 bits per heavy atom. The zero-order valence-corrected chi connectivity index (χ0v) is 7.71. The lowest BCUT2D eigenvalue weighted by atomic mass is 9.77. The Kier molecular flexibility index (Phi) is 2.68. The van der Waals surface area contributed by atoms with Gasteiger partial charge in [0, 0.05) is 18.3 Å². The maximum atomic E-state index is 11.3. The fraction of sp³-hybridized carbons (Fsp3) is 0.700. The highest BCUT2D eigenvalue weighted by Crippen LogP contribution is 2.30. The van der Waals surface area contributed by atoms with Gasteiger partial charge in [-0.15, -0.1) is 0 Å². The van der Waals surface area contributed by atoms with Crippen molar-refractivity contribution in [1.29, 1.82) is 0 Å². The molecule has 0 unspecified atom stereocenters. The van der Waals surface area contributed by atoms with Crippen molar-refractivity contribution >= 4 is 5.78 Å². The van der Waals surface area contributed by atoms with E-state index < -0.39 is 0 Å². The first kappa shape index (κ1) is 9.46. The van der Waals surface area contributed by atoms with Gasteiger partial charge in [0.1, 0.15) is 5.78 Å². The normalized spacial score (nSPS) is 36.6. The smallest absolute Gasteiger partial charge is 0.136 e. The van der Waals surface area contributed by atoms with E-state index in [0.717, 1.165) is 5.57 Å². The molecule has 0 radical (unpaired) electrons. The highest BCUT2D eigenvalue weighted by molar-refractivity contribution is 5.82. The lowest BCUT2D eigenvalue weighted by Gasteiger charge is -2.30. The zero-order valence-electron chi connectivity index (χ0n) is 7.71. The second-order valence-corrected chi connectivity index (χ2v) is 3.83. The van der Waals surface area contributed by atoms with Gasteiger partial charge in [0.05, 0.1) is 6.10 Å². The third-order valence-corrected chi connectivity index (χ3v) is 2.66. The van der Waals surface area contributed by atoms with Crippen molar-refractivity contribution in [1.82, 2.24) is 0 Å². The van der Waals surface area contributed by atoms with Gasteiger partial charge in [-0.2, -0.15) is 0 Å². The van der Waals surface area contributed by atoms with E-state index in [1.54, 1.807) is 0 Å². The quantitative estimate of drug-likeness (QED) is 0.603. The van der Waals surface area contributed by atoms with Crippen molar-refractivity contribution in [2.45, 2.75) is 32.8 Å². The molecule has 0 spiro atoms. The van der Waals surface area contributed by atoms with Crippen LogP contribution in [0, 0.1) is 11.8 Å². The van der Waals surface area contributed by atoms with Crippen molar-refractivity contribution in [3.8, 4) is 0 Å². The Balaban J connectivity index is 2.68. The summed E-state index contributed by atoms with van der Waals surface area (Å²) in [5.41, 5.74) is 0.919. The van der Waals surface area contributed by atoms with Gasteiger partial charge in [0.15, 0.2) is 0 Å². The first-order valence-electron chi connectivity index (χ1n) is 4.38. The highest BCUT2D eigenvalue weighted by Gasteiger charge is 2.32. The number of carbonyl (C=O) groups is 1. The Labute approximate surface area is 73.3 Å². The number of carbonyl (C=O) groups excluding carboxylic acids is 1. The number of rotatable bonds is 1. The maximum Gasteiger partial charge on any atom is 0.136 e. The minimum Gasteiger partial charge on any atom is -0.392 e. The number of hydrogen-bond acceptors (Lipinski definition) is 2. The van der Waals surface area contributed by atoms with Crippen LogP contribution in [0.3, 0.4) is 0 Å². The molecule has 0 amide bonds. The van der Waals surface area contributed by atoms with Crippen LogP contribution in [0.4, 0.5) is 0 Å². The van der Waals surface area contributed by atoms with Crippen molar-refractivity contribution in [3.63, 3.8) is 0 Å². The SMILES string of the molecule is C=C(C)[C@H]1CC(=O)[C@H](C)C[C@H]1O. The standard InChI is InChI=1S/C10H16O2/c1-6(2)8-5-9(11)7(3)4-10(8)12/h7-8,10,12H,1,4-5H2,2-3H3/t7-,8-,10-/m1/s1. The minimum atomic E-state index is -0.366. The molecule has 1 aliphatic rings. The third-order valence-electron chi connectivity index (χ3n) is 2.66. The highest BCUT2D eigenvalue weighted by atomic mass is 16.3. The molecule has 0 heterocycles. The molecule has 0 bridgehead atoms. The van der Waals surface area contributed by atoms with Crippen LogP contribution in [0.5, 0.6) is 0 Å². The van der Waals surface area contributed by atoms with Gasteiger partial charge in [-0.25, -0.2) is 0 Å². The molecular formula is C10H16O2. The zero-order chi connectivity index (χ0) is 9.30. The fourth-order valence-corrected chi connectivity index (χ4v) is 1.71. The first-order valence-corrected chi connectivity index (χ1v) is 4.38. The van der Waals surface area contributed by atoms with Crippen LogP contribution in [0.1, 0.15) is 26.7 Å². The molecule has 2 nitrogen and oxygen atoms in total. The van der Waals surface area contributed by atoms with Gasteiger partial charge >= 0.3 is 0 Å². The van der Waals surface area contributed by atoms with Crippen LogP contribution in [0.25, 0.3) is 0 Å².